The Kier molecular flexibility index (Phi) is 7.41. The molecule has 4 heterocycles. The highest BCUT2D eigenvalue weighted by Crippen LogP contribution is 2.42. The van der Waals surface area contributed by atoms with E-state index < -0.39 is 0 Å². The van der Waals surface area contributed by atoms with E-state index in [0.717, 1.165) is 56.5 Å². The van der Waals surface area contributed by atoms with Crippen LogP contribution in [-0.4, -0.2) is 69.5 Å². The topological polar surface area (TPSA) is 84.3 Å². The van der Waals surface area contributed by atoms with Gasteiger partial charge in [0.05, 0.1) is 37.9 Å². The molecule has 2 aliphatic rings. The van der Waals surface area contributed by atoms with Gasteiger partial charge in [0.15, 0.2) is 11.3 Å². The molecule has 7 rings (SSSR count). The van der Waals surface area contributed by atoms with Crippen LogP contribution < -0.4 is 15.6 Å². The Morgan fingerprint density at radius 1 is 0.952 bits per heavy atom. The van der Waals surface area contributed by atoms with Crippen LogP contribution in [0.5, 0.6) is 0 Å². The van der Waals surface area contributed by atoms with Gasteiger partial charge in [0.1, 0.15) is 5.58 Å². The molecule has 0 saturated carbocycles. The molecule has 8 nitrogen and oxygen atoms in total. The molecule has 0 unspecified atom stereocenters. The highest BCUT2D eigenvalue weighted by atomic mass is 32.1. The molecule has 2 aromatic heterocycles. The monoisotopic (exact) mass is 583 g/mol. The number of hydrogen-bond acceptors (Lipinski definition) is 8. The lowest BCUT2D eigenvalue weighted by Gasteiger charge is -2.31. The first-order valence-corrected chi connectivity index (χ1v) is 15.4. The van der Waals surface area contributed by atoms with E-state index >= 15 is 0 Å². The molecular weight excluding hydrogens is 550 g/mol. The average molecular weight is 584 g/mol. The third-order valence-electron chi connectivity index (χ3n) is 8.18. The van der Waals surface area contributed by atoms with E-state index in [0.29, 0.717) is 56.3 Å². The number of fused-ring (bicyclic) bond motifs is 4. The quantitative estimate of drug-likeness (QED) is 0.274. The molecule has 2 saturated heterocycles. The van der Waals surface area contributed by atoms with Gasteiger partial charge in [-0.15, -0.1) is 11.3 Å². The molecule has 1 amide bonds. The maximum Gasteiger partial charge on any atom is 0.238 e. The van der Waals surface area contributed by atoms with E-state index in [4.69, 9.17) is 13.9 Å². The van der Waals surface area contributed by atoms with Crippen molar-refractivity contribution in [2.45, 2.75) is 19.4 Å². The molecule has 1 N–H and O–H groups in total. The van der Waals surface area contributed by atoms with Crippen molar-refractivity contribution in [1.82, 2.24) is 4.90 Å². The Morgan fingerprint density at radius 3 is 2.60 bits per heavy atom. The second-order valence-electron chi connectivity index (χ2n) is 10.9. The van der Waals surface area contributed by atoms with Crippen molar-refractivity contribution in [3.63, 3.8) is 0 Å². The Balaban J connectivity index is 1.23. The maximum atomic E-state index is 13.2. The fourth-order valence-electron chi connectivity index (χ4n) is 5.98. The van der Waals surface area contributed by atoms with Crippen LogP contribution in [0.2, 0.25) is 0 Å². The molecule has 42 heavy (non-hydrogen) atoms. The number of thiophene rings is 1. The fourth-order valence-corrected chi connectivity index (χ4v) is 7.19. The summed E-state index contributed by atoms with van der Waals surface area (Å²) in [5.41, 5.74) is 3.24. The largest absolute Gasteiger partial charge is 0.440 e. The number of carbonyl (C=O) groups is 1. The zero-order valence-electron chi connectivity index (χ0n) is 23.6. The predicted molar refractivity (Wildman–Crippen MR) is 169 cm³/mol. The Bertz CT molecular complexity index is 1840. The molecule has 9 heteroatoms. The van der Waals surface area contributed by atoms with Crippen molar-refractivity contribution in [1.29, 1.82) is 0 Å². The molecule has 5 aromatic rings. The molecule has 3 aromatic carbocycles. The first kappa shape index (κ1) is 27.1. The maximum absolute atomic E-state index is 13.2. The van der Waals surface area contributed by atoms with Crippen LogP contribution in [0.25, 0.3) is 42.3 Å². The lowest BCUT2D eigenvalue weighted by Crippen LogP contribution is -2.45. The van der Waals surface area contributed by atoms with Crippen LogP contribution in [0.15, 0.2) is 69.9 Å². The lowest BCUT2D eigenvalue weighted by atomic mass is 10.0. The zero-order valence-corrected chi connectivity index (χ0v) is 24.4. The first-order valence-electron chi connectivity index (χ1n) is 14.6. The van der Waals surface area contributed by atoms with Gasteiger partial charge in [-0.1, -0.05) is 37.3 Å². The van der Waals surface area contributed by atoms with E-state index in [-0.39, 0.29) is 17.4 Å². The van der Waals surface area contributed by atoms with Gasteiger partial charge in [-0.05, 0) is 30.7 Å². The highest BCUT2D eigenvalue weighted by Gasteiger charge is 2.22. The van der Waals surface area contributed by atoms with Crippen LogP contribution in [0.1, 0.15) is 13.3 Å². The van der Waals surface area contributed by atoms with Crippen molar-refractivity contribution >= 4 is 60.0 Å². The Labute approximate surface area is 247 Å². The van der Waals surface area contributed by atoms with Gasteiger partial charge in [0.25, 0.3) is 0 Å². The number of para-hydroxylation sites is 1. The molecule has 0 spiro atoms. The summed E-state index contributed by atoms with van der Waals surface area (Å²) in [6, 6.07) is 19.7. The van der Waals surface area contributed by atoms with Gasteiger partial charge in [-0.2, -0.15) is 0 Å². The van der Waals surface area contributed by atoms with Crippen molar-refractivity contribution in [2.75, 3.05) is 62.8 Å². The van der Waals surface area contributed by atoms with E-state index in [2.05, 4.69) is 46.3 Å². The molecule has 216 valence electrons. The van der Waals surface area contributed by atoms with Gasteiger partial charge in [0.2, 0.25) is 5.91 Å². The van der Waals surface area contributed by atoms with Crippen LogP contribution in [0.3, 0.4) is 0 Å². The van der Waals surface area contributed by atoms with Crippen molar-refractivity contribution < 1.29 is 18.7 Å². The van der Waals surface area contributed by atoms with Gasteiger partial charge < -0.3 is 24.1 Å². The summed E-state index contributed by atoms with van der Waals surface area (Å²) in [4.78, 5) is 30.3. The predicted octanol–water partition coefficient (Wildman–Crippen LogP) is 5.71. The lowest BCUT2D eigenvalue weighted by molar-refractivity contribution is -0.119. The number of nitrogens with one attached hydrogen (secondary N) is 1. The number of ether oxygens (including phenoxy) is 2. The summed E-state index contributed by atoms with van der Waals surface area (Å²) < 4.78 is 19.9. The minimum Gasteiger partial charge on any atom is -0.440 e. The minimum absolute atomic E-state index is 0.0202. The Morgan fingerprint density at radius 2 is 1.76 bits per heavy atom. The number of benzene rings is 3. The van der Waals surface area contributed by atoms with E-state index in [9.17, 15) is 9.59 Å². The molecule has 0 bridgehead atoms. The summed E-state index contributed by atoms with van der Waals surface area (Å²) in [7, 11) is 0. The number of nitrogens with zero attached hydrogens (tertiary/aromatic N) is 2. The van der Waals surface area contributed by atoms with E-state index in [1.54, 1.807) is 17.4 Å². The third-order valence-corrected chi connectivity index (χ3v) is 9.40. The van der Waals surface area contributed by atoms with Gasteiger partial charge in [0, 0.05) is 69.2 Å². The zero-order chi connectivity index (χ0) is 28.6. The summed E-state index contributed by atoms with van der Waals surface area (Å²) in [6.45, 7) is 7.27. The minimum atomic E-state index is -0.0502. The van der Waals surface area contributed by atoms with Gasteiger partial charge in [-0.3, -0.25) is 14.5 Å². The highest BCUT2D eigenvalue weighted by molar-refractivity contribution is 7.26. The number of carbonyl (C=O) groups excluding carboxylic acids is 1. The first-order chi connectivity index (χ1) is 20.6. The number of morpholine rings is 2. The van der Waals surface area contributed by atoms with Crippen LogP contribution >= 0.6 is 11.3 Å². The normalized spacial score (nSPS) is 18.2. The second-order valence-corrected chi connectivity index (χ2v) is 12.0. The summed E-state index contributed by atoms with van der Waals surface area (Å²) >= 11 is 1.71. The fraction of sp³-hybridized carbons (Fsp3) is 0.333. The van der Waals surface area contributed by atoms with Crippen molar-refractivity contribution in [2.24, 2.45) is 0 Å². The molecule has 2 aliphatic heterocycles. The van der Waals surface area contributed by atoms with Crippen molar-refractivity contribution in [3.05, 3.63) is 70.9 Å². The number of hydrogen-bond donors (Lipinski definition) is 1. The summed E-state index contributed by atoms with van der Waals surface area (Å²) in [5.74, 6) is 0.558. The number of anilines is 2. The molecule has 1 atom stereocenters. The SMILES string of the molecule is CC[C@H]1CN(CC(=O)Nc2ccc3sc4c(-c5cccc6c(=O)cc(N7CCOCC7)oc56)cccc4c3c2)CCO1. The van der Waals surface area contributed by atoms with Gasteiger partial charge in [-0.25, -0.2) is 0 Å². The molecule has 0 aliphatic carbocycles. The van der Waals surface area contributed by atoms with Crippen molar-refractivity contribution in [3.8, 4) is 11.1 Å². The van der Waals surface area contributed by atoms with Gasteiger partial charge >= 0.3 is 0 Å². The second kappa shape index (κ2) is 11.5. The molecular formula is C33H33N3O5S. The van der Waals surface area contributed by atoms with E-state index in [1.165, 1.54) is 0 Å². The third kappa shape index (κ3) is 5.18. The molecule has 0 radical (unpaired) electrons. The average Bonchev–Trinajstić information content (AvgIpc) is 3.39. The molecule has 2 fully saturated rings. The van der Waals surface area contributed by atoms with Crippen LogP contribution in [-0.2, 0) is 14.3 Å². The number of rotatable bonds is 6. The standard InChI is InChI=1S/C33H33N3O5S/c1-2-22-19-35(11-16-40-22)20-30(38)34-21-9-10-29-27(17-21)25-7-4-6-24(33(25)42-29)23-5-3-8-26-28(37)18-31(41-32(23)26)36-12-14-39-15-13-36/h3-10,17-18,22H,2,11-16,19-20H2,1H3,(H,34,38)/t22-/m0/s1. The van der Waals surface area contributed by atoms with Crippen LogP contribution in [0, 0.1) is 0 Å². The van der Waals surface area contributed by atoms with Crippen LogP contribution in [0.4, 0.5) is 11.6 Å². The summed E-state index contributed by atoms with van der Waals surface area (Å²) in [5, 5.41) is 5.86. The summed E-state index contributed by atoms with van der Waals surface area (Å²) in [6.07, 6.45) is 1.14. The number of amides is 1. The Hall–Kier alpha value is -3.76. The van der Waals surface area contributed by atoms with E-state index in [1.807, 2.05) is 30.3 Å². The smallest absolute Gasteiger partial charge is 0.238 e.